The maximum absolute atomic E-state index is 10.8. The molecule has 2 unspecified atom stereocenters. The smallest absolute Gasteiger partial charge is 0.335 e. The van der Waals surface area contributed by atoms with Gasteiger partial charge in [-0.3, -0.25) is 0 Å². The molecule has 0 bridgehead atoms. The van der Waals surface area contributed by atoms with Crippen molar-refractivity contribution in [3.8, 4) is 0 Å². The van der Waals surface area contributed by atoms with E-state index in [1.807, 2.05) is 6.92 Å². The molecule has 2 rings (SSSR count). The van der Waals surface area contributed by atoms with E-state index in [-0.39, 0.29) is 11.7 Å². The van der Waals surface area contributed by atoms with Gasteiger partial charge in [-0.15, -0.1) is 0 Å². The summed E-state index contributed by atoms with van der Waals surface area (Å²) in [6.07, 6.45) is 2.10. The van der Waals surface area contributed by atoms with E-state index in [1.165, 1.54) is 6.07 Å². The highest BCUT2D eigenvalue weighted by atomic mass is 35.5. The maximum atomic E-state index is 10.8. The van der Waals surface area contributed by atoms with Crippen molar-refractivity contribution in [2.24, 2.45) is 0 Å². The first-order chi connectivity index (χ1) is 8.56. The highest BCUT2D eigenvalue weighted by Gasteiger charge is 2.20. The van der Waals surface area contributed by atoms with Crippen molar-refractivity contribution in [3.05, 3.63) is 28.8 Å². The van der Waals surface area contributed by atoms with Gasteiger partial charge < -0.3 is 15.2 Å². The Kier molecular flexibility index (Phi) is 4.09. The molecule has 0 saturated carbocycles. The minimum atomic E-state index is -0.969. The van der Waals surface area contributed by atoms with Crippen molar-refractivity contribution in [2.75, 3.05) is 11.9 Å². The van der Waals surface area contributed by atoms with Gasteiger partial charge in [-0.2, -0.15) is 0 Å². The summed E-state index contributed by atoms with van der Waals surface area (Å²) in [7, 11) is 0. The number of carboxylic acid groups (broad SMARTS) is 1. The molecule has 0 aromatic heterocycles. The van der Waals surface area contributed by atoms with Crippen LogP contribution < -0.4 is 5.32 Å². The first kappa shape index (κ1) is 13.2. The lowest BCUT2D eigenvalue weighted by atomic mass is 10.0. The van der Waals surface area contributed by atoms with Crippen molar-refractivity contribution in [2.45, 2.75) is 31.9 Å². The second-order valence-corrected chi connectivity index (χ2v) is 4.95. The number of benzene rings is 1. The molecule has 1 heterocycles. The Morgan fingerprint density at radius 1 is 1.56 bits per heavy atom. The number of halogens is 1. The molecule has 1 aliphatic rings. The van der Waals surface area contributed by atoms with E-state index < -0.39 is 5.97 Å². The molecule has 2 atom stereocenters. The number of rotatable bonds is 3. The molecule has 1 aromatic rings. The van der Waals surface area contributed by atoms with Crippen molar-refractivity contribution in [1.82, 2.24) is 0 Å². The molecule has 1 saturated heterocycles. The highest BCUT2D eigenvalue weighted by Crippen LogP contribution is 2.26. The molecule has 1 aliphatic heterocycles. The minimum Gasteiger partial charge on any atom is -0.478 e. The largest absolute Gasteiger partial charge is 0.478 e. The van der Waals surface area contributed by atoms with E-state index in [0.29, 0.717) is 11.1 Å². The predicted octanol–water partition coefficient (Wildman–Crippen LogP) is 3.02. The number of ether oxygens (including phenoxy) is 1. The van der Waals surface area contributed by atoms with Crippen LogP contribution in [0, 0.1) is 0 Å². The van der Waals surface area contributed by atoms with Crippen LogP contribution in [0.3, 0.4) is 0 Å². The topological polar surface area (TPSA) is 58.6 Å². The van der Waals surface area contributed by atoms with Crippen LogP contribution in [0.5, 0.6) is 0 Å². The number of carboxylic acids is 1. The van der Waals surface area contributed by atoms with E-state index in [2.05, 4.69) is 5.32 Å². The zero-order valence-corrected chi connectivity index (χ0v) is 10.9. The Hall–Kier alpha value is -1.26. The van der Waals surface area contributed by atoms with Crippen LogP contribution in [0.2, 0.25) is 5.02 Å². The highest BCUT2D eigenvalue weighted by molar-refractivity contribution is 6.33. The average Bonchev–Trinajstić information content (AvgIpc) is 2.31. The fourth-order valence-electron chi connectivity index (χ4n) is 2.11. The minimum absolute atomic E-state index is 0.200. The maximum Gasteiger partial charge on any atom is 0.335 e. The predicted molar refractivity (Wildman–Crippen MR) is 70.5 cm³/mol. The van der Waals surface area contributed by atoms with Crippen molar-refractivity contribution in [3.63, 3.8) is 0 Å². The third-order valence-electron chi connectivity index (χ3n) is 3.06. The van der Waals surface area contributed by atoms with Gasteiger partial charge in [-0.1, -0.05) is 11.6 Å². The van der Waals surface area contributed by atoms with Gasteiger partial charge >= 0.3 is 5.97 Å². The van der Waals surface area contributed by atoms with Crippen molar-refractivity contribution < 1.29 is 14.6 Å². The lowest BCUT2D eigenvalue weighted by Gasteiger charge is -2.29. The lowest BCUT2D eigenvalue weighted by Crippen LogP contribution is -2.32. The summed E-state index contributed by atoms with van der Waals surface area (Å²) in [5.41, 5.74) is 0.978. The number of anilines is 1. The Morgan fingerprint density at radius 2 is 2.33 bits per heavy atom. The molecule has 4 nitrogen and oxygen atoms in total. The summed E-state index contributed by atoms with van der Waals surface area (Å²) >= 11 is 6.07. The monoisotopic (exact) mass is 269 g/mol. The Morgan fingerprint density at radius 3 is 2.94 bits per heavy atom. The van der Waals surface area contributed by atoms with E-state index in [1.54, 1.807) is 12.1 Å². The van der Waals surface area contributed by atoms with Gasteiger partial charge in [-0.05, 0) is 38.0 Å². The molecule has 1 aromatic carbocycles. The van der Waals surface area contributed by atoms with Crippen LogP contribution in [0.15, 0.2) is 18.2 Å². The molecule has 0 spiro atoms. The van der Waals surface area contributed by atoms with Gasteiger partial charge in [0.15, 0.2) is 0 Å². The molecule has 18 heavy (non-hydrogen) atoms. The fraction of sp³-hybridized carbons (Fsp3) is 0.462. The van der Waals surface area contributed by atoms with Crippen molar-refractivity contribution in [1.29, 1.82) is 0 Å². The number of carbonyl (C=O) groups is 1. The SMILES string of the molecule is CC1CC(Nc2ccc(C(=O)O)cc2Cl)CCO1. The zero-order valence-electron chi connectivity index (χ0n) is 10.1. The van der Waals surface area contributed by atoms with E-state index in [0.717, 1.165) is 25.1 Å². The van der Waals surface area contributed by atoms with Gasteiger partial charge in [-0.25, -0.2) is 4.79 Å². The summed E-state index contributed by atoms with van der Waals surface area (Å²) in [5.74, 6) is -0.969. The molecule has 0 aliphatic carbocycles. The summed E-state index contributed by atoms with van der Waals surface area (Å²) in [4.78, 5) is 10.8. The van der Waals surface area contributed by atoms with Crippen LogP contribution in [0.1, 0.15) is 30.1 Å². The second kappa shape index (κ2) is 5.59. The molecular formula is C13H16ClNO3. The molecular weight excluding hydrogens is 254 g/mol. The van der Waals surface area contributed by atoms with Crippen LogP contribution in [-0.2, 0) is 4.74 Å². The molecule has 2 N–H and O–H groups in total. The van der Waals surface area contributed by atoms with Crippen LogP contribution in [0.4, 0.5) is 5.69 Å². The quantitative estimate of drug-likeness (QED) is 0.886. The summed E-state index contributed by atoms with van der Waals surface area (Å²) < 4.78 is 5.48. The fourth-order valence-corrected chi connectivity index (χ4v) is 2.35. The average molecular weight is 270 g/mol. The van der Waals surface area contributed by atoms with Gasteiger partial charge in [0, 0.05) is 12.6 Å². The second-order valence-electron chi connectivity index (χ2n) is 4.55. The van der Waals surface area contributed by atoms with Gasteiger partial charge in [0.2, 0.25) is 0 Å². The van der Waals surface area contributed by atoms with Crippen molar-refractivity contribution >= 4 is 23.3 Å². The molecule has 0 amide bonds. The summed E-state index contributed by atoms with van der Waals surface area (Å²) in [6.45, 7) is 2.78. The third-order valence-corrected chi connectivity index (χ3v) is 3.37. The molecule has 5 heteroatoms. The van der Waals surface area contributed by atoms with Crippen LogP contribution >= 0.6 is 11.6 Å². The third kappa shape index (κ3) is 3.15. The normalized spacial score (nSPS) is 23.7. The van der Waals surface area contributed by atoms with Crippen LogP contribution in [0.25, 0.3) is 0 Å². The number of hydrogen-bond donors (Lipinski definition) is 2. The first-order valence-electron chi connectivity index (χ1n) is 5.97. The number of aromatic carboxylic acids is 1. The van der Waals surface area contributed by atoms with Gasteiger partial charge in [0.05, 0.1) is 22.4 Å². The standard InChI is InChI=1S/C13H16ClNO3/c1-8-6-10(4-5-18-8)15-12-3-2-9(13(16)17)7-11(12)14/h2-3,7-8,10,15H,4-6H2,1H3,(H,16,17). The Labute approximate surface area is 111 Å². The van der Waals surface area contributed by atoms with E-state index in [4.69, 9.17) is 21.4 Å². The Balaban J connectivity index is 2.07. The zero-order chi connectivity index (χ0) is 13.1. The summed E-state index contributed by atoms with van der Waals surface area (Å²) in [5, 5.41) is 12.6. The number of hydrogen-bond acceptors (Lipinski definition) is 3. The number of nitrogens with one attached hydrogen (secondary N) is 1. The molecule has 98 valence electrons. The van der Waals surface area contributed by atoms with Gasteiger partial charge in [0.1, 0.15) is 0 Å². The Bertz CT molecular complexity index is 450. The van der Waals surface area contributed by atoms with Gasteiger partial charge in [0.25, 0.3) is 0 Å². The first-order valence-corrected chi connectivity index (χ1v) is 6.35. The van der Waals surface area contributed by atoms with E-state index >= 15 is 0 Å². The molecule has 0 radical (unpaired) electrons. The lowest BCUT2D eigenvalue weighted by molar-refractivity contribution is 0.0232. The van der Waals surface area contributed by atoms with Crippen LogP contribution in [-0.4, -0.2) is 29.8 Å². The van der Waals surface area contributed by atoms with E-state index in [9.17, 15) is 4.79 Å². The molecule has 1 fully saturated rings. The summed E-state index contributed by atoms with van der Waals surface area (Å²) in [6, 6.07) is 5.06.